The maximum absolute atomic E-state index is 12.7. The summed E-state index contributed by atoms with van der Waals surface area (Å²) in [5.41, 5.74) is 1.04. The van der Waals surface area contributed by atoms with E-state index in [4.69, 9.17) is 0 Å². The molecule has 0 spiro atoms. The number of aromatic hydroxyl groups is 1. The Bertz CT molecular complexity index is 794. The van der Waals surface area contributed by atoms with Gasteiger partial charge in [0.15, 0.2) is 0 Å². The molecule has 0 bridgehead atoms. The molecule has 2 aromatic carbocycles. The molecule has 130 valence electrons. The summed E-state index contributed by atoms with van der Waals surface area (Å²) in [6, 6.07) is 13.6. The summed E-state index contributed by atoms with van der Waals surface area (Å²) in [7, 11) is 0. The fraction of sp³-hybridized carbons (Fsp3) is 0.263. The van der Waals surface area contributed by atoms with Crippen molar-refractivity contribution in [1.82, 2.24) is 9.80 Å². The summed E-state index contributed by atoms with van der Waals surface area (Å²) in [6.07, 6.45) is 0.713. The monoisotopic (exact) mass is 356 g/mol. The van der Waals surface area contributed by atoms with Crippen molar-refractivity contribution >= 4 is 24.4 Å². The Morgan fingerprint density at radius 2 is 1.56 bits per heavy atom. The summed E-state index contributed by atoms with van der Waals surface area (Å²) in [5, 5.41) is 9.55. The van der Waals surface area contributed by atoms with Crippen molar-refractivity contribution in [1.29, 1.82) is 0 Å². The predicted octanol–water partition coefficient (Wildman–Crippen LogP) is 2.67. The van der Waals surface area contributed by atoms with Crippen LogP contribution in [0.25, 0.3) is 0 Å². The van der Waals surface area contributed by atoms with Crippen molar-refractivity contribution in [2.24, 2.45) is 0 Å². The quantitative estimate of drug-likeness (QED) is 0.814. The maximum atomic E-state index is 12.7. The molecule has 2 amide bonds. The van der Waals surface area contributed by atoms with E-state index in [-0.39, 0.29) is 17.6 Å². The lowest BCUT2D eigenvalue weighted by molar-refractivity contribution is 0.0717. The van der Waals surface area contributed by atoms with E-state index in [0.29, 0.717) is 48.6 Å². The first-order valence-electron chi connectivity index (χ1n) is 8.22. The molecule has 0 unspecified atom stereocenters. The van der Waals surface area contributed by atoms with E-state index in [1.807, 2.05) is 12.1 Å². The highest BCUT2D eigenvalue weighted by atomic mass is 32.1. The molecule has 0 saturated carbocycles. The van der Waals surface area contributed by atoms with Crippen LogP contribution in [0.1, 0.15) is 27.1 Å². The number of carbonyl (C=O) groups is 2. The van der Waals surface area contributed by atoms with Gasteiger partial charge in [0, 0.05) is 36.6 Å². The van der Waals surface area contributed by atoms with Crippen LogP contribution in [0.4, 0.5) is 0 Å². The predicted molar refractivity (Wildman–Crippen MR) is 98.2 cm³/mol. The van der Waals surface area contributed by atoms with Crippen LogP contribution in [0.5, 0.6) is 5.75 Å². The highest BCUT2D eigenvalue weighted by Gasteiger charge is 2.24. The number of nitrogens with zero attached hydrogens (tertiary/aromatic N) is 2. The zero-order valence-electron chi connectivity index (χ0n) is 13.8. The minimum Gasteiger partial charge on any atom is -0.508 e. The Morgan fingerprint density at radius 3 is 2.24 bits per heavy atom. The van der Waals surface area contributed by atoms with Crippen LogP contribution in [0, 0.1) is 0 Å². The van der Waals surface area contributed by atoms with E-state index < -0.39 is 0 Å². The summed E-state index contributed by atoms with van der Waals surface area (Å²) in [5.74, 6) is -0.111. The second kappa shape index (κ2) is 7.61. The van der Waals surface area contributed by atoms with Crippen LogP contribution in [0.3, 0.4) is 0 Å². The second-order valence-corrected chi connectivity index (χ2v) is 6.49. The van der Waals surface area contributed by atoms with E-state index in [1.165, 1.54) is 12.1 Å². The standard InChI is InChI=1S/C19H20N2O3S/c22-15-6-3-5-14(13-15)18(23)20-9-4-10-21(12-11-20)19(24)16-7-1-2-8-17(16)25/h1-3,5-8,13,22,25H,4,9-12H2. The fourth-order valence-electron chi connectivity index (χ4n) is 2.97. The van der Waals surface area contributed by atoms with Crippen molar-refractivity contribution in [3.05, 3.63) is 59.7 Å². The molecular formula is C19H20N2O3S. The van der Waals surface area contributed by atoms with Gasteiger partial charge in [-0.1, -0.05) is 18.2 Å². The molecule has 6 heteroatoms. The normalized spacial score (nSPS) is 14.9. The Morgan fingerprint density at radius 1 is 0.880 bits per heavy atom. The molecule has 5 nitrogen and oxygen atoms in total. The lowest BCUT2D eigenvalue weighted by atomic mass is 10.2. The minimum absolute atomic E-state index is 0.0581. The van der Waals surface area contributed by atoms with Gasteiger partial charge < -0.3 is 14.9 Å². The molecule has 0 aromatic heterocycles. The highest BCUT2D eigenvalue weighted by Crippen LogP contribution is 2.18. The zero-order valence-corrected chi connectivity index (χ0v) is 14.7. The van der Waals surface area contributed by atoms with Crippen molar-refractivity contribution in [3.63, 3.8) is 0 Å². The van der Waals surface area contributed by atoms with E-state index in [2.05, 4.69) is 12.6 Å². The van der Waals surface area contributed by atoms with Gasteiger partial charge in [-0.3, -0.25) is 9.59 Å². The topological polar surface area (TPSA) is 60.9 Å². The van der Waals surface area contributed by atoms with Crippen LogP contribution in [-0.4, -0.2) is 52.9 Å². The summed E-state index contributed by atoms with van der Waals surface area (Å²) in [4.78, 5) is 29.5. The fourth-order valence-corrected chi connectivity index (χ4v) is 3.23. The lowest BCUT2D eigenvalue weighted by Crippen LogP contribution is -2.37. The van der Waals surface area contributed by atoms with E-state index in [1.54, 1.807) is 34.1 Å². The smallest absolute Gasteiger partial charge is 0.255 e. The summed E-state index contributed by atoms with van der Waals surface area (Å²) < 4.78 is 0. The lowest BCUT2D eigenvalue weighted by Gasteiger charge is -2.22. The van der Waals surface area contributed by atoms with Crippen molar-refractivity contribution in [2.45, 2.75) is 11.3 Å². The Kier molecular flexibility index (Phi) is 5.28. The molecule has 2 aromatic rings. The SMILES string of the molecule is O=C(c1cccc(O)c1)N1CCCN(C(=O)c2ccccc2S)CC1. The van der Waals surface area contributed by atoms with Gasteiger partial charge in [0.25, 0.3) is 11.8 Å². The first-order chi connectivity index (χ1) is 12.1. The summed E-state index contributed by atoms with van der Waals surface area (Å²) >= 11 is 4.36. The molecule has 0 aliphatic carbocycles. The van der Waals surface area contributed by atoms with Crippen LogP contribution < -0.4 is 0 Å². The van der Waals surface area contributed by atoms with Crippen LogP contribution in [-0.2, 0) is 0 Å². The Labute approximate surface area is 152 Å². The van der Waals surface area contributed by atoms with Gasteiger partial charge in [0.2, 0.25) is 0 Å². The van der Waals surface area contributed by atoms with Gasteiger partial charge >= 0.3 is 0 Å². The molecular weight excluding hydrogens is 336 g/mol. The Balaban J connectivity index is 1.69. The van der Waals surface area contributed by atoms with E-state index in [9.17, 15) is 14.7 Å². The van der Waals surface area contributed by atoms with E-state index in [0.717, 1.165) is 0 Å². The molecule has 1 aliphatic rings. The number of carbonyl (C=O) groups excluding carboxylic acids is 2. The number of amides is 2. The molecule has 0 radical (unpaired) electrons. The average Bonchev–Trinajstić information content (AvgIpc) is 2.87. The Hall–Kier alpha value is -2.47. The number of phenols is 1. The summed E-state index contributed by atoms with van der Waals surface area (Å²) in [6.45, 7) is 2.13. The largest absolute Gasteiger partial charge is 0.508 e. The first-order valence-corrected chi connectivity index (χ1v) is 8.66. The maximum Gasteiger partial charge on any atom is 0.255 e. The second-order valence-electron chi connectivity index (χ2n) is 6.01. The van der Waals surface area contributed by atoms with Gasteiger partial charge in [-0.25, -0.2) is 0 Å². The molecule has 25 heavy (non-hydrogen) atoms. The molecule has 1 heterocycles. The third-order valence-electron chi connectivity index (χ3n) is 4.30. The van der Waals surface area contributed by atoms with Crippen LogP contribution >= 0.6 is 12.6 Å². The van der Waals surface area contributed by atoms with Gasteiger partial charge in [0.1, 0.15) is 5.75 Å². The van der Waals surface area contributed by atoms with Crippen molar-refractivity contribution < 1.29 is 14.7 Å². The molecule has 1 saturated heterocycles. The number of hydrogen-bond acceptors (Lipinski definition) is 4. The number of rotatable bonds is 2. The van der Waals surface area contributed by atoms with Crippen LogP contribution in [0.15, 0.2) is 53.4 Å². The van der Waals surface area contributed by atoms with Gasteiger partial charge in [0.05, 0.1) is 5.56 Å². The highest BCUT2D eigenvalue weighted by molar-refractivity contribution is 7.80. The van der Waals surface area contributed by atoms with Gasteiger partial charge in [-0.2, -0.15) is 0 Å². The van der Waals surface area contributed by atoms with E-state index >= 15 is 0 Å². The average molecular weight is 356 g/mol. The van der Waals surface area contributed by atoms with Crippen LogP contribution in [0.2, 0.25) is 0 Å². The van der Waals surface area contributed by atoms with Gasteiger partial charge in [-0.05, 0) is 36.8 Å². The molecule has 1 aliphatic heterocycles. The number of benzene rings is 2. The first kappa shape index (κ1) is 17.4. The molecule has 1 fully saturated rings. The molecule has 1 N–H and O–H groups in total. The third-order valence-corrected chi connectivity index (χ3v) is 4.69. The number of phenolic OH excluding ortho intramolecular Hbond substituents is 1. The molecule has 3 rings (SSSR count). The zero-order chi connectivity index (χ0) is 17.8. The van der Waals surface area contributed by atoms with Gasteiger partial charge in [-0.15, -0.1) is 12.6 Å². The van der Waals surface area contributed by atoms with Crippen molar-refractivity contribution in [2.75, 3.05) is 26.2 Å². The number of hydrogen-bond donors (Lipinski definition) is 2. The minimum atomic E-state index is -0.125. The van der Waals surface area contributed by atoms with Crippen molar-refractivity contribution in [3.8, 4) is 5.75 Å². The third kappa shape index (κ3) is 3.96. The number of thiol groups is 1. The molecule has 0 atom stereocenters.